The molecule has 2 aromatic heterocycles. The van der Waals surface area contributed by atoms with Gasteiger partial charge in [-0.2, -0.15) is 0 Å². The number of carboxylic acids is 1. The Morgan fingerprint density at radius 3 is 2.70 bits per heavy atom. The average molecular weight is 386 g/mol. The van der Waals surface area contributed by atoms with E-state index in [1.165, 1.54) is 17.0 Å². The van der Waals surface area contributed by atoms with E-state index in [1.807, 2.05) is 30.5 Å². The second kappa shape index (κ2) is 8.50. The van der Waals surface area contributed by atoms with Crippen LogP contribution in [0.25, 0.3) is 0 Å². The Morgan fingerprint density at radius 1 is 1.22 bits per heavy atom. The van der Waals surface area contributed by atoms with E-state index >= 15 is 0 Å². The normalized spacial score (nSPS) is 11.1. The summed E-state index contributed by atoms with van der Waals surface area (Å²) in [4.78, 5) is 13.1. The van der Waals surface area contributed by atoms with Gasteiger partial charge in [0.1, 0.15) is 5.82 Å². The van der Waals surface area contributed by atoms with Gasteiger partial charge >= 0.3 is 5.97 Å². The zero-order valence-corrected chi connectivity index (χ0v) is 16.3. The van der Waals surface area contributed by atoms with Gasteiger partial charge in [-0.15, -0.1) is 11.3 Å². The first-order valence-corrected chi connectivity index (χ1v) is 9.74. The molecular formula is C21H23FN2O2S. The summed E-state index contributed by atoms with van der Waals surface area (Å²) in [5.41, 5.74) is 3.54. The van der Waals surface area contributed by atoms with Gasteiger partial charge in [-0.3, -0.25) is 0 Å². The fraction of sp³-hybridized carbons (Fsp3) is 0.286. The maximum Gasteiger partial charge on any atom is 0.337 e. The molecule has 0 saturated carbocycles. The van der Waals surface area contributed by atoms with E-state index in [0.717, 1.165) is 29.8 Å². The quantitative estimate of drug-likeness (QED) is 0.565. The van der Waals surface area contributed by atoms with Crippen molar-refractivity contribution in [1.29, 1.82) is 0 Å². The highest BCUT2D eigenvalue weighted by Crippen LogP contribution is 2.24. The van der Waals surface area contributed by atoms with Crippen LogP contribution >= 0.6 is 11.3 Å². The Morgan fingerprint density at radius 2 is 2.04 bits per heavy atom. The van der Waals surface area contributed by atoms with Gasteiger partial charge in [0.25, 0.3) is 0 Å². The monoisotopic (exact) mass is 386 g/mol. The topological polar surface area (TPSA) is 54.3 Å². The van der Waals surface area contributed by atoms with E-state index in [0.29, 0.717) is 24.3 Å². The molecule has 0 aliphatic rings. The lowest BCUT2D eigenvalue weighted by molar-refractivity contribution is 0.0694. The number of halogens is 1. The molecular weight excluding hydrogens is 363 g/mol. The van der Waals surface area contributed by atoms with Crippen LogP contribution in [0.4, 0.5) is 4.39 Å². The van der Waals surface area contributed by atoms with Gasteiger partial charge < -0.3 is 15.0 Å². The molecule has 2 N–H and O–H groups in total. The highest BCUT2D eigenvalue weighted by Gasteiger charge is 2.22. The molecule has 6 heteroatoms. The third kappa shape index (κ3) is 4.46. The number of aromatic nitrogens is 1. The van der Waals surface area contributed by atoms with Crippen LogP contribution in [-0.2, 0) is 19.5 Å². The molecule has 27 heavy (non-hydrogen) atoms. The number of hydrogen-bond acceptors (Lipinski definition) is 3. The standard InChI is InChI=1S/C21H23FN2O2S/c1-14-19(12-23-9-8-18-7-4-10-27-18)20(21(25)26)15(2)24(14)13-16-5-3-6-17(22)11-16/h3-7,10-11,23H,8-9,12-13H2,1-2H3,(H,25,26). The number of benzene rings is 1. The summed E-state index contributed by atoms with van der Waals surface area (Å²) in [6.45, 7) is 5.47. The highest BCUT2D eigenvalue weighted by molar-refractivity contribution is 7.09. The molecule has 0 amide bonds. The molecule has 0 aliphatic carbocycles. The van der Waals surface area contributed by atoms with Crippen molar-refractivity contribution in [3.63, 3.8) is 0 Å². The molecule has 0 bridgehead atoms. The van der Waals surface area contributed by atoms with Crippen molar-refractivity contribution in [3.05, 3.63) is 80.6 Å². The van der Waals surface area contributed by atoms with E-state index in [-0.39, 0.29) is 5.82 Å². The van der Waals surface area contributed by atoms with E-state index in [2.05, 4.69) is 16.8 Å². The summed E-state index contributed by atoms with van der Waals surface area (Å²) in [5.74, 6) is -1.22. The lowest BCUT2D eigenvalue weighted by atomic mass is 10.1. The predicted molar refractivity (Wildman–Crippen MR) is 106 cm³/mol. The third-order valence-corrected chi connectivity index (χ3v) is 5.72. The SMILES string of the molecule is Cc1c(CNCCc2cccs2)c(C(=O)O)c(C)n1Cc1cccc(F)c1. The van der Waals surface area contributed by atoms with Crippen molar-refractivity contribution in [3.8, 4) is 0 Å². The number of hydrogen-bond donors (Lipinski definition) is 2. The molecule has 0 spiro atoms. The third-order valence-electron chi connectivity index (χ3n) is 4.78. The van der Waals surface area contributed by atoms with E-state index < -0.39 is 5.97 Å². The minimum atomic E-state index is -0.927. The predicted octanol–water partition coefficient (Wildman–Crippen LogP) is 4.38. The number of thiophene rings is 1. The second-order valence-corrected chi connectivity index (χ2v) is 7.58. The average Bonchev–Trinajstić information content (AvgIpc) is 3.21. The van der Waals surface area contributed by atoms with Crippen molar-refractivity contribution >= 4 is 17.3 Å². The van der Waals surface area contributed by atoms with Crippen molar-refractivity contribution in [2.24, 2.45) is 0 Å². The van der Waals surface area contributed by atoms with Crippen molar-refractivity contribution in [2.75, 3.05) is 6.54 Å². The molecule has 0 aliphatic heterocycles. The van der Waals surface area contributed by atoms with Crippen molar-refractivity contribution in [1.82, 2.24) is 9.88 Å². The smallest absolute Gasteiger partial charge is 0.337 e. The molecule has 142 valence electrons. The first-order chi connectivity index (χ1) is 13.0. The Kier molecular flexibility index (Phi) is 6.08. The first-order valence-electron chi connectivity index (χ1n) is 8.86. The van der Waals surface area contributed by atoms with Gasteiger partial charge in [0.15, 0.2) is 0 Å². The number of nitrogens with zero attached hydrogens (tertiary/aromatic N) is 1. The molecule has 0 fully saturated rings. The maximum absolute atomic E-state index is 13.5. The maximum atomic E-state index is 13.5. The van der Waals surface area contributed by atoms with Crippen LogP contribution in [0.5, 0.6) is 0 Å². The van der Waals surface area contributed by atoms with Gasteiger partial charge in [0.2, 0.25) is 0 Å². The fourth-order valence-electron chi connectivity index (χ4n) is 3.38. The van der Waals surface area contributed by atoms with Crippen LogP contribution in [-0.4, -0.2) is 22.2 Å². The zero-order chi connectivity index (χ0) is 19.4. The fourth-order valence-corrected chi connectivity index (χ4v) is 4.09. The molecule has 3 rings (SSSR count). The van der Waals surface area contributed by atoms with Crippen LogP contribution in [0, 0.1) is 19.7 Å². The first kappa shape index (κ1) is 19.3. The van der Waals surface area contributed by atoms with Crippen molar-refractivity contribution in [2.45, 2.75) is 33.4 Å². The Labute approximate surface area is 162 Å². The van der Waals surface area contributed by atoms with Crippen LogP contribution in [0.1, 0.15) is 37.7 Å². The van der Waals surface area contributed by atoms with Gasteiger partial charge in [-0.05, 0) is 49.4 Å². The van der Waals surface area contributed by atoms with Gasteiger partial charge in [0.05, 0.1) is 5.56 Å². The summed E-state index contributed by atoms with van der Waals surface area (Å²) < 4.78 is 15.4. The Hall–Kier alpha value is -2.44. The molecule has 0 unspecified atom stereocenters. The van der Waals surface area contributed by atoms with Crippen LogP contribution in [0.3, 0.4) is 0 Å². The van der Waals surface area contributed by atoms with Gasteiger partial charge in [-0.25, -0.2) is 9.18 Å². The van der Waals surface area contributed by atoms with E-state index in [9.17, 15) is 14.3 Å². The second-order valence-electron chi connectivity index (χ2n) is 6.55. The number of carbonyl (C=O) groups is 1. The van der Waals surface area contributed by atoms with Crippen molar-refractivity contribution < 1.29 is 14.3 Å². The molecule has 0 atom stereocenters. The molecule has 3 aromatic rings. The number of carboxylic acid groups (broad SMARTS) is 1. The lowest BCUT2D eigenvalue weighted by Crippen LogP contribution is -2.18. The molecule has 0 radical (unpaired) electrons. The molecule has 2 heterocycles. The number of nitrogens with one attached hydrogen (secondary N) is 1. The molecule has 1 aromatic carbocycles. The summed E-state index contributed by atoms with van der Waals surface area (Å²) >= 11 is 1.72. The summed E-state index contributed by atoms with van der Waals surface area (Å²) in [6, 6.07) is 10.5. The minimum absolute atomic E-state index is 0.288. The van der Waals surface area contributed by atoms with Crippen LogP contribution in [0.2, 0.25) is 0 Å². The summed E-state index contributed by atoms with van der Waals surface area (Å²) in [5, 5.41) is 15.1. The molecule has 4 nitrogen and oxygen atoms in total. The van der Waals surface area contributed by atoms with Gasteiger partial charge in [-0.1, -0.05) is 18.2 Å². The minimum Gasteiger partial charge on any atom is -0.478 e. The molecule has 0 saturated heterocycles. The Balaban J connectivity index is 1.79. The summed E-state index contributed by atoms with van der Waals surface area (Å²) in [6.07, 6.45) is 0.919. The number of aromatic carboxylic acids is 1. The Bertz CT molecular complexity index is 932. The zero-order valence-electron chi connectivity index (χ0n) is 15.5. The largest absolute Gasteiger partial charge is 0.478 e. The lowest BCUT2D eigenvalue weighted by Gasteiger charge is -2.10. The van der Waals surface area contributed by atoms with Crippen LogP contribution in [0.15, 0.2) is 41.8 Å². The number of rotatable bonds is 8. The van der Waals surface area contributed by atoms with Crippen LogP contribution < -0.4 is 5.32 Å². The summed E-state index contributed by atoms with van der Waals surface area (Å²) in [7, 11) is 0. The van der Waals surface area contributed by atoms with Gasteiger partial charge in [0, 0.05) is 41.5 Å². The van der Waals surface area contributed by atoms with E-state index in [1.54, 1.807) is 17.4 Å². The van der Waals surface area contributed by atoms with E-state index in [4.69, 9.17) is 0 Å². The highest BCUT2D eigenvalue weighted by atomic mass is 32.1.